The third-order valence-corrected chi connectivity index (χ3v) is 6.48. The van der Waals surface area contributed by atoms with Gasteiger partial charge in [-0.1, -0.05) is 71.8 Å². The largest absolute Gasteiger partial charge is 0.353 e. The summed E-state index contributed by atoms with van der Waals surface area (Å²) in [6.07, 6.45) is 7.89. The van der Waals surface area contributed by atoms with E-state index in [1.54, 1.807) is 12.4 Å². The van der Waals surface area contributed by atoms with Crippen molar-refractivity contribution in [3.05, 3.63) is 88.3 Å². The van der Waals surface area contributed by atoms with Crippen LogP contribution in [0.1, 0.15) is 11.1 Å². The van der Waals surface area contributed by atoms with Crippen LogP contribution in [0, 0.1) is 0 Å². The van der Waals surface area contributed by atoms with Crippen molar-refractivity contribution in [1.82, 2.24) is 24.6 Å². The predicted octanol–water partition coefficient (Wildman–Crippen LogP) is 5.44. The number of halogens is 3. The maximum atomic E-state index is 6.36. The van der Waals surface area contributed by atoms with Gasteiger partial charge in [-0.15, -0.1) is 12.4 Å². The van der Waals surface area contributed by atoms with Crippen molar-refractivity contribution in [3.8, 4) is 0 Å². The lowest BCUT2D eigenvalue weighted by Gasteiger charge is -2.35. The normalized spacial score (nSPS) is 14.6. The summed E-state index contributed by atoms with van der Waals surface area (Å²) in [5.41, 5.74) is 2.99. The highest BCUT2D eigenvalue weighted by Gasteiger charge is 2.21. The molecule has 6 nitrogen and oxygen atoms in total. The second-order valence-electron chi connectivity index (χ2n) is 8.07. The molecule has 0 unspecified atom stereocenters. The minimum Gasteiger partial charge on any atom is -0.353 e. The van der Waals surface area contributed by atoms with E-state index >= 15 is 0 Å². The Hall–Kier alpha value is -2.64. The fourth-order valence-corrected chi connectivity index (χ4v) is 4.57. The lowest BCUT2D eigenvalue weighted by Crippen LogP contribution is -2.46. The number of hydrogen-bond acceptors (Lipinski definition) is 5. The van der Waals surface area contributed by atoms with Gasteiger partial charge in [-0.2, -0.15) is 5.10 Å². The summed E-state index contributed by atoms with van der Waals surface area (Å²) in [5, 5.41) is 6.77. The van der Waals surface area contributed by atoms with Crippen molar-refractivity contribution in [2.45, 2.75) is 6.54 Å². The Labute approximate surface area is 215 Å². The summed E-state index contributed by atoms with van der Waals surface area (Å²) in [4.78, 5) is 13.9. The Bertz CT molecular complexity index is 1270. The van der Waals surface area contributed by atoms with E-state index in [9.17, 15) is 0 Å². The standard InChI is InChI=1S/C25H24Cl2N6.ClH/c26-21-9-8-20(23(27)15-21)17-33-25-22(16-30-33)24(28-18-29-25)32-13-11-31(12-14-32)10-4-7-19-5-2-1-3-6-19;/h1-9,15-16,18H,10-14,17H2;1H/b7-4+;. The maximum absolute atomic E-state index is 6.36. The molecule has 1 saturated heterocycles. The van der Waals surface area contributed by atoms with E-state index in [-0.39, 0.29) is 12.4 Å². The Kier molecular flexibility index (Phi) is 8.06. The molecule has 2 aromatic heterocycles. The van der Waals surface area contributed by atoms with Crippen LogP contribution in [0.2, 0.25) is 10.0 Å². The van der Waals surface area contributed by atoms with Gasteiger partial charge >= 0.3 is 0 Å². The van der Waals surface area contributed by atoms with E-state index in [2.05, 4.69) is 61.3 Å². The fraction of sp³-hybridized carbons (Fsp3) is 0.240. The van der Waals surface area contributed by atoms with Crippen LogP contribution < -0.4 is 4.90 Å². The van der Waals surface area contributed by atoms with Crippen molar-refractivity contribution < 1.29 is 0 Å². The highest BCUT2D eigenvalue weighted by molar-refractivity contribution is 6.35. The first kappa shape index (κ1) is 24.5. The van der Waals surface area contributed by atoms with E-state index in [0.29, 0.717) is 16.6 Å². The van der Waals surface area contributed by atoms with Gasteiger partial charge < -0.3 is 4.90 Å². The van der Waals surface area contributed by atoms with Crippen molar-refractivity contribution >= 4 is 58.5 Å². The number of fused-ring (bicyclic) bond motifs is 1. The summed E-state index contributed by atoms with van der Waals surface area (Å²) in [7, 11) is 0. The van der Waals surface area contributed by atoms with Crippen LogP contribution in [-0.2, 0) is 6.54 Å². The lowest BCUT2D eigenvalue weighted by atomic mass is 10.2. The fourth-order valence-electron chi connectivity index (χ4n) is 4.10. The molecule has 0 atom stereocenters. The maximum Gasteiger partial charge on any atom is 0.163 e. The molecule has 9 heteroatoms. The SMILES string of the molecule is Cl.Clc1ccc(Cn2ncc3c(N4CCN(C/C=C/c5ccccc5)CC4)ncnc32)c(Cl)c1. The monoisotopic (exact) mass is 514 g/mol. The van der Waals surface area contributed by atoms with E-state index in [0.717, 1.165) is 55.1 Å². The van der Waals surface area contributed by atoms with Gasteiger partial charge in [0.25, 0.3) is 0 Å². The van der Waals surface area contributed by atoms with Gasteiger partial charge in [0.15, 0.2) is 5.65 Å². The average molecular weight is 516 g/mol. The minimum atomic E-state index is 0. The van der Waals surface area contributed by atoms with E-state index in [1.807, 2.05) is 29.1 Å². The molecule has 34 heavy (non-hydrogen) atoms. The molecular weight excluding hydrogens is 491 g/mol. The number of nitrogens with zero attached hydrogens (tertiary/aromatic N) is 6. The first-order valence-corrected chi connectivity index (χ1v) is 11.7. The van der Waals surface area contributed by atoms with Gasteiger partial charge in [-0.25, -0.2) is 14.6 Å². The Morgan fingerprint density at radius 2 is 1.74 bits per heavy atom. The van der Waals surface area contributed by atoms with Crippen LogP contribution in [0.5, 0.6) is 0 Å². The van der Waals surface area contributed by atoms with Crippen molar-refractivity contribution in [2.75, 3.05) is 37.6 Å². The van der Waals surface area contributed by atoms with Gasteiger partial charge in [0.2, 0.25) is 0 Å². The average Bonchev–Trinajstić information content (AvgIpc) is 3.25. The van der Waals surface area contributed by atoms with E-state index < -0.39 is 0 Å². The molecule has 2 aromatic carbocycles. The van der Waals surface area contributed by atoms with E-state index in [1.165, 1.54) is 5.56 Å². The molecule has 0 saturated carbocycles. The van der Waals surface area contributed by atoms with Gasteiger partial charge in [0.1, 0.15) is 12.1 Å². The molecule has 1 fully saturated rings. The number of aromatic nitrogens is 4. The predicted molar refractivity (Wildman–Crippen MR) is 142 cm³/mol. The molecule has 1 aliphatic rings. The van der Waals surface area contributed by atoms with Gasteiger partial charge in [-0.3, -0.25) is 4.90 Å². The number of anilines is 1. The summed E-state index contributed by atoms with van der Waals surface area (Å²) in [6, 6.07) is 15.9. The lowest BCUT2D eigenvalue weighted by molar-refractivity contribution is 0.284. The second-order valence-corrected chi connectivity index (χ2v) is 8.92. The summed E-state index contributed by atoms with van der Waals surface area (Å²) < 4.78 is 1.86. The highest BCUT2D eigenvalue weighted by atomic mass is 35.5. The molecule has 0 radical (unpaired) electrons. The van der Waals surface area contributed by atoms with Gasteiger partial charge in [-0.05, 0) is 23.3 Å². The molecule has 4 aromatic rings. The number of hydrogen-bond donors (Lipinski definition) is 0. The number of rotatable bonds is 6. The first-order valence-electron chi connectivity index (χ1n) is 11.0. The summed E-state index contributed by atoms with van der Waals surface area (Å²) in [5.74, 6) is 0.938. The highest BCUT2D eigenvalue weighted by Crippen LogP contribution is 2.26. The van der Waals surface area contributed by atoms with Crippen molar-refractivity contribution in [1.29, 1.82) is 0 Å². The van der Waals surface area contributed by atoms with Gasteiger partial charge in [0.05, 0.1) is 18.1 Å². The zero-order valence-corrected chi connectivity index (χ0v) is 20.8. The minimum absolute atomic E-state index is 0. The molecule has 0 amide bonds. The Balaban J connectivity index is 0.00000274. The molecule has 5 rings (SSSR count). The van der Waals surface area contributed by atoms with Crippen LogP contribution >= 0.6 is 35.6 Å². The molecule has 3 heterocycles. The number of piperazine rings is 1. The molecular formula is C25H25Cl3N6. The third-order valence-electron chi connectivity index (χ3n) is 5.89. The van der Waals surface area contributed by atoms with Crippen molar-refractivity contribution in [3.63, 3.8) is 0 Å². The van der Waals surface area contributed by atoms with Crippen LogP contribution in [0.3, 0.4) is 0 Å². The molecule has 1 aliphatic heterocycles. The Morgan fingerprint density at radius 1 is 0.941 bits per heavy atom. The van der Waals surface area contributed by atoms with Gasteiger partial charge in [0, 0.05) is 42.8 Å². The summed E-state index contributed by atoms with van der Waals surface area (Å²) >= 11 is 12.4. The smallest absolute Gasteiger partial charge is 0.163 e. The Morgan fingerprint density at radius 3 is 2.50 bits per heavy atom. The van der Waals surface area contributed by atoms with Crippen molar-refractivity contribution in [2.24, 2.45) is 0 Å². The quantitative estimate of drug-likeness (QED) is 0.342. The molecule has 0 bridgehead atoms. The number of benzene rings is 2. The van der Waals surface area contributed by atoms with Crippen LogP contribution in [0.25, 0.3) is 17.1 Å². The third kappa shape index (κ3) is 5.53. The molecule has 176 valence electrons. The van der Waals surface area contributed by atoms with Crippen LogP contribution in [0.4, 0.5) is 5.82 Å². The molecule has 0 aliphatic carbocycles. The summed E-state index contributed by atoms with van der Waals surface area (Å²) in [6.45, 7) is 5.27. The first-order chi connectivity index (χ1) is 16.2. The molecule has 0 N–H and O–H groups in total. The zero-order chi connectivity index (χ0) is 22.6. The molecule has 0 spiro atoms. The topological polar surface area (TPSA) is 50.1 Å². The van der Waals surface area contributed by atoms with Crippen LogP contribution in [-0.4, -0.2) is 57.4 Å². The van der Waals surface area contributed by atoms with Crippen LogP contribution in [0.15, 0.2) is 67.1 Å². The second kappa shape index (κ2) is 11.2. The zero-order valence-electron chi connectivity index (χ0n) is 18.5. The van der Waals surface area contributed by atoms with E-state index in [4.69, 9.17) is 23.2 Å².